The Hall–Kier alpha value is -3.32. The number of hydrogen-bond donors (Lipinski definition) is 2. The van der Waals surface area contributed by atoms with Crippen molar-refractivity contribution in [2.24, 2.45) is 22.2 Å². The van der Waals surface area contributed by atoms with Gasteiger partial charge in [0.25, 0.3) is 15.9 Å². The van der Waals surface area contributed by atoms with Gasteiger partial charge in [-0.2, -0.15) is 8.42 Å². The Morgan fingerprint density at radius 3 is 2.51 bits per heavy atom. The van der Waals surface area contributed by atoms with Crippen LogP contribution in [0.15, 0.2) is 57.0 Å². The van der Waals surface area contributed by atoms with Gasteiger partial charge >= 0.3 is 0 Å². The lowest BCUT2D eigenvalue weighted by molar-refractivity contribution is -0.134. The highest BCUT2D eigenvalue weighted by atomic mass is 32.2. The number of rotatable bonds is 5. The Balaban J connectivity index is 1.41. The van der Waals surface area contributed by atoms with Crippen LogP contribution < -0.4 is 5.32 Å². The summed E-state index contributed by atoms with van der Waals surface area (Å²) >= 11 is 0. The summed E-state index contributed by atoms with van der Waals surface area (Å²) in [7, 11) is -7.78. The number of nitrogens with zero attached hydrogens (tertiary/aromatic N) is 2. The zero-order valence-corrected chi connectivity index (χ0v) is 22.4. The number of aliphatic hydroxyl groups excluding tert-OH is 1. The number of anilines is 1. The fourth-order valence-electron chi connectivity index (χ4n) is 6.59. The van der Waals surface area contributed by atoms with Crippen molar-refractivity contribution < 1.29 is 35.5 Å². The number of carbonyl (C=O) groups is 1. The Kier molecular flexibility index (Phi) is 5.88. The van der Waals surface area contributed by atoms with E-state index in [1.54, 1.807) is 0 Å². The molecular formula is C26H25F2N3O6S2. The van der Waals surface area contributed by atoms with Gasteiger partial charge < -0.3 is 15.3 Å². The van der Waals surface area contributed by atoms with Gasteiger partial charge in [-0.1, -0.05) is 12.1 Å². The van der Waals surface area contributed by atoms with Gasteiger partial charge in [-0.25, -0.2) is 17.2 Å². The van der Waals surface area contributed by atoms with E-state index < -0.39 is 43.3 Å². The third-order valence-corrected chi connectivity index (χ3v) is 10.2. The average Bonchev–Trinajstić information content (AvgIpc) is 3.46. The molecule has 9 nitrogen and oxygen atoms in total. The maximum atomic E-state index is 14.0. The number of fused-ring (bicyclic) bond motifs is 6. The molecule has 4 aliphatic rings. The van der Waals surface area contributed by atoms with E-state index in [1.165, 1.54) is 29.2 Å². The number of hydrogen-bond acceptors (Lipinski definition) is 7. The first-order valence-electron chi connectivity index (χ1n) is 12.4. The summed E-state index contributed by atoms with van der Waals surface area (Å²) in [6, 6.07) is 7.11. The Labute approximate surface area is 224 Å². The number of sulfone groups is 1. The van der Waals surface area contributed by atoms with E-state index in [0.29, 0.717) is 5.56 Å². The normalized spacial score (nSPS) is 27.2. The van der Waals surface area contributed by atoms with E-state index in [-0.39, 0.29) is 63.5 Å². The van der Waals surface area contributed by atoms with E-state index >= 15 is 0 Å². The van der Waals surface area contributed by atoms with Crippen molar-refractivity contribution in [2.45, 2.75) is 42.5 Å². The summed E-state index contributed by atoms with van der Waals surface area (Å²) in [6.07, 6.45) is 3.54. The summed E-state index contributed by atoms with van der Waals surface area (Å²) in [5.41, 5.74) is 0.437. The van der Waals surface area contributed by atoms with Crippen LogP contribution >= 0.6 is 0 Å². The summed E-state index contributed by atoms with van der Waals surface area (Å²) < 4.78 is 81.1. The smallest absolute Gasteiger partial charge is 0.286 e. The maximum absolute atomic E-state index is 14.0. The molecule has 2 aliphatic heterocycles. The number of aliphatic hydroxyl groups is 1. The highest BCUT2D eigenvalue weighted by Crippen LogP contribution is 2.55. The molecule has 0 saturated heterocycles. The molecule has 1 amide bonds. The van der Waals surface area contributed by atoms with Gasteiger partial charge in [-0.05, 0) is 66.5 Å². The number of amides is 1. The molecule has 39 heavy (non-hydrogen) atoms. The predicted octanol–water partition coefficient (Wildman–Crippen LogP) is 3.29. The minimum atomic E-state index is -4.36. The molecule has 2 saturated carbocycles. The SMILES string of the molecule is CS(=O)(=O)Cc1ccc2c(c1)S(=O)(=O)N=C(C1=C(O)C3C([C@@H]4CC[C@H]3C4)N(Cc3ccc(F)c(F)c3)C1=O)N2. The first-order valence-corrected chi connectivity index (χ1v) is 15.9. The standard InChI is InChI=1S/C26H25F2N3O6S2/c1-38(34,35)12-14-3-7-19-20(9-14)39(36,37)30-25(29-19)22-24(32)21-15-4-5-16(10-15)23(21)31(26(22)33)11-13-2-6-17(27)18(28)8-13/h2-3,6-9,15-16,21,23,32H,4-5,10-12H2,1H3,(H,29,30)/t15-,16+,21?,23?/m0/s1. The average molecular weight is 578 g/mol. The van der Waals surface area contributed by atoms with E-state index in [2.05, 4.69) is 9.71 Å². The summed E-state index contributed by atoms with van der Waals surface area (Å²) in [5, 5.41) is 14.2. The Bertz CT molecular complexity index is 1700. The summed E-state index contributed by atoms with van der Waals surface area (Å²) in [6.45, 7) is -0.0529. The lowest BCUT2D eigenvalue weighted by Gasteiger charge is -2.44. The highest BCUT2D eigenvalue weighted by Gasteiger charge is 2.57. The van der Waals surface area contributed by atoms with Crippen molar-refractivity contribution in [3.8, 4) is 0 Å². The second-order valence-corrected chi connectivity index (χ2v) is 14.4. The van der Waals surface area contributed by atoms with Crippen LogP contribution in [0.25, 0.3) is 0 Å². The molecule has 6 rings (SSSR count). The number of nitrogens with one attached hydrogen (secondary N) is 1. The minimum Gasteiger partial charge on any atom is -0.511 e. The quantitative estimate of drug-likeness (QED) is 0.557. The topological polar surface area (TPSA) is 133 Å². The van der Waals surface area contributed by atoms with Crippen molar-refractivity contribution in [3.05, 3.63) is 70.5 Å². The van der Waals surface area contributed by atoms with Gasteiger partial charge in [0.15, 0.2) is 27.3 Å². The molecule has 2 unspecified atom stereocenters. The number of benzene rings is 2. The number of sulfonamides is 1. The van der Waals surface area contributed by atoms with Crippen LogP contribution in [0.2, 0.25) is 0 Å². The van der Waals surface area contributed by atoms with Crippen LogP contribution in [-0.2, 0) is 37.0 Å². The molecule has 2 aromatic carbocycles. The molecule has 0 aromatic heterocycles. The molecule has 2 bridgehead atoms. The molecule has 2 N–H and O–H groups in total. The highest BCUT2D eigenvalue weighted by molar-refractivity contribution is 7.90. The minimum absolute atomic E-state index is 0.0529. The lowest BCUT2D eigenvalue weighted by Crippen LogP contribution is -2.53. The number of amidine groups is 1. The zero-order valence-electron chi connectivity index (χ0n) is 20.8. The third-order valence-electron chi connectivity index (χ3n) is 8.07. The van der Waals surface area contributed by atoms with Gasteiger partial charge in [0.2, 0.25) is 0 Å². The van der Waals surface area contributed by atoms with Crippen molar-refractivity contribution in [1.29, 1.82) is 0 Å². The molecule has 2 fully saturated rings. The van der Waals surface area contributed by atoms with Gasteiger partial charge in [-0.3, -0.25) is 4.79 Å². The monoisotopic (exact) mass is 577 g/mol. The van der Waals surface area contributed by atoms with Gasteiger partial charge in [-0.15, -0.1) is 4.40 Å². The van der Waals surface area contributed by atoms with E-state index in [0.717, 1.165) is 37.7 Å². The van der Waals surface area contributed by atoms with Crippen LogP contribution in [0.1, 0.15) is 30.4 Å². The van der Waals surface area contributed by atoms with Crippen molar-refractivity contribution in [2.75, 3.05) is 11.6 Å². The van der Waals surface area contributed by atoms with Crippen LogP contribution in [0.3, 0.4) is 0 Å². The van der Waals surface area contributed by atoms with E-state index in [4.69, 9.17) is 0 Å². The summed E-state index contributed by atoms with van der Waals surface area (Å²) in [4.78, 5) is 15.2. The second kappa shape index (κ2) is 8.85. The first kappa shape index (κ1) is 25.9. The van der Waals surface area contributed by atoms with E-state index in [9.17, 15) is 35.5 Å². The number of halogens is 2. The molecule has 2 aliphatic carbocycles. The lowest BCUT2D eigenvalue weighted by atomic mass is 9.77. The fourth-order valence-corrected chi connectivity index (χ4v) is 8.55. The molecule has 206 valence electrons. The zero-order chi connectivity index (χ0) is 27.9. The fraction of sp³-hybridized carbons (Fsp3) is 0.385. The largest absolute Gasteiger partial charge is 0.511 e. The Morgan fingerprint density at radius 1 is 1.08 bits per heavy atom. The predicted molar refractivity (Wildman–Crippen MR) is 138 cm³/mol. The molecule has 4 atom stereocenters. The molecule has 13 heteroatoms. The van der Waals surface area contributed by atoms with E-state index in [1.807, 2.05) is 0 Å². The van der Waals surface area contributed by atoms with Gasteiger partial charge in [0.1, 0.15) is 16.2 Å². The second-order valence-electron chi connectivity index (χ2n) is 10.7. The van der Waals surface area contributed by atoms with Crippen molar-refractivity contribution in [1.82, 2.24) is 4.90 Å². The first-order chi connectivity index (χ1) is 18.3. The van der Waals surface area contributed by atoms with Crippen molar-refractivity contribution in [3.63, 3.8) is 0 Å². The van der Waals surface area contributed by atoms with Gasteiger partial charge in [0.05, 0.1) is 11.4 Å². The van der Waals surface area contributed by atoms with Crippen LogP contribution in [0.4, 0.5) is 14.5 Å². The molecule has 0 radical (unpaired) electrons. The maximum Gasteiger partial charge on any atom is 0.286 e. The van der Waals surface area contributed by atoms with Crippen molar-refractivity contribution >= 4 is 37.3 Å². The van der Waals surface area contributed by atoms with Gasteiger partial charge in [0, 0.05) is 24.8 Å². The van der Waals surface area contributed by atoms with Crippen LogP contribution in [-0.4, -0.2) is 50.9 Å². The van der Waals surface area contributed by atoms with Crippen LogP contribution in [0.5, 0.6) is 0 Å². The third kappa shape index (κ3) is 4.41. The molecule has 0 spiro atoms. The molecule has 2 heterocycles. The molecule has 2 aromatic rings. The molecular weight excluding hydrogens is 552 g/mol. The summed E-state index contributed by atoms with van der Waals surface area (Å²) in [5.74, 6) is -3.87. The number of carbonyl (C=O) groups excluding carboxylic acids is 1. The van der Waals surface area contributed by atoms with Crippen LogP contribution in [0, 0.1) is 29.4 Å². The Morgan fingerprint density at radius 2 is 1.79 bits per heavy atom.